The summed E-state index contributed by atoms with van der Waals surface area (Å²) >= 11 is 0. The van der Waals surface area contributed by atoms with Crippen molar-refractivity contribution in [2.45, 2.75) is 31.7 Å². The molecule has 0 bridgehead atoms. The highest BCUT2D eigenvalue weighted by Crippen LogP contribution is 2.26. The van der Waals surface area contributed by atoms with E-state index < -0.39 is 0 Å². The van der Waals surface area contributed by atoms with E-state index in [2.05, 4.69) is 32.3 Å². The number of nitrogens with one attached hydrogen (secondary N) is 2. The maximum Gasteiger partial charge on any atom is 0.220 e. The van der Waals surface area contributed by atoms with Gasteiger partial charge in [0.1, 0.15) is 11.6 Å². The van der Waals surface area contributed by atoms with Gasteiger partial charge in [0.2, 0.25) is 5.91 Å². The molecule has 152 valence electrons. The molecule has 2 N–H and O–H groups in total. The van der Waals surface area contributed by atoms with Crippen molar-refractivity contribution < 1.29 is 9.53 Å². The van der Waals surface area contributed by atoms with Crippen molar-refractivity contribution in [3.05, 3.63) is 59.9 Å². The third-order valence-electron chi connectivity index (χ3n) is 5.60. The predicted molar refractivity (Wildman–Crippen MR) is 114 cm³/mol. The van der Waals surface area contributed by atoms with E-state index in [0.717, 1.165) is 35.7 Å². The summed E-state index contributed by atoms with van der Waals surface area (Å²) in [4.78, 5) is 22.8. The van der Waals surface area contributed by atoms with Gasteiger partial charge < -0.3 is 15.0 Å². The normalized spacial score (nSPS) is 15.5. The number of carbonyl (C=O) groups is 1. The molecular weight excluding hydrogens is 364 g/mol. The van der Waals surface area contributed by atoms with Crippen LogP contribution in [0.1, 0.15) is 36.7 Å². The van der Waals surface area contributed by atoms with Crippen LogP contribution in [0.15, 0.2) is 48.5 Å². The first-order valence-corrected chi connectivity index (χ1v) is 10.3. The molecule has 1 aliphatic heterocycles. The Morgan fingerprint density at radius 1 is 1.17 bits per heavy atom. The highest BCUT2D eigenvalue weighted by molar-refractivity contribution is 5.77. The molecule has 1 fully saturated rings. The second-order valence-corrected chi connectivity index (χ2v) is 7.54. The number of aromatic nitrogens is 2. The van der Waals surface area contributed by atoms with Gasteiger partial charge in [-0.25, -0.2) is 4.98 Å². The molecule has 6 heteroatoms. The van der Waals surface area contributed by atoms with E-state index in [1.54, 1.807) is 7.11 Å². The molecule has 0 aliphatic carbocycles. The maximum absolute atomic E-state index is 12.5. The van der Waals surface area contributed by atoms with Gasteiger partial charge in [0.05, 0.1) is 24.2 Å². The number of nitrogens with zero attached hydrogens (tertiary/aromatic N) is 2. The van der Waals surface area contributed by atoms with Crippen molar-refractivity contribution in [3.63, 3.8) is 0 Å². The number of rotatable bonds is 8. The van der Waals surface area contributed by atoms with Crippen LogP contribution >= 0.6 is 0 Å². The molecule has 2 aromatic carbocycles. The fraction of sp³-hybridized carbons (Fsp3) is 0.391. The van der Waals surface area contributed by atoms with Crippen molar-refractivity contribution >= 4 is 16.9 Å². The van der Waals surface area contributed by atoms with Crippen molar-refractivity contribution in [1.82, 2.24) is 20.2 Å². The number of fused-ring (bicyclic) bond motifs is 1. The first-order valence-electron chi connectivity index (χ1n) is 10.3. The van der Waals surface area contributed by atoms with Gasteiger partial charge in [0, 0.05) is 19.4 Å². The zero-order chi connectivity index (χ0) is 20.1. The van der Waals surface area contributed by atoms with Crippen molar-refractivity contribution in [2.75, 3.05) is 26.7 Å². The highest BCUT2D eigenvalue weighted by Gasteiger charge is 2.24. The van der Waals surface area contributed by atoms with Gasteiger partial charge in [0.25, 0.3) is 0 Å². The average Bonchev–Trinajstić information content (AvgIpc) is 3.42. The van der Waals surface area contributed by atoms with Crippen molar-refractivity contribution in [3.8, 4) is 5.75 Å². The number of ether oxygens (including phenoxy) is 1. The number of imidazole rings is 1. The van der Waals surface area contributed by atoms with Gasteiger partial charge in [0.15, 0.2) is 0 Å². The van der Waals surface area contributed by atoms with Gasteiger partial charge in [-0.3, -0.25) is 9.69 Å². The Labute approximate surface area is 171 Å². The van der Waals surface area contributed by atoms with Crippen LogP contribution < -0.4 is 10.1 Å². The van der Waals surface area contributed by atoms with E-state index in [9.17, 15) is 4.79 Å². The van der Waals surface area contributed by atoms with Crippen molar-refractivity contribution in [1.29, 1.82) is 0 Å². The molecule has 4 rings (SSSR count). The van der Waals surface area contributed by atoms with Crippen molar-refractivity contribution in [2.24, 2.45) is 0 Å². The van der Waals surface area contributed by atoms with Crippen LogP contribution in [0, 0.1) is 0 Å². The molecule has 0 saturated carbocycles. The first kappa shape index (κ1) is 19.5. The van der Waals surface area contributed by atoms with Crippen LogP contribution in [0.4, 0.5) is 0 Å². The summed E-state index contributed by atoms with van der Waals surface area (Å²) < 4.78 is 5.28. The summed E-state index contributed by atoms with van der Waals surface area (Å²) in [5.74, 6) is 1.76. The fourth-order valence-corrected chi connectivity index (χ4v) is 3.99. The number of likely N-dealkylation sites (tertiary alicyclic amines) is 1. The zero-order valence-corrected chi connectivity index (χ0v) is 16.9. The Kier molecular flexibility index (Phi) is 6.10. The molecular formula is C23H28N4O2. The number of hydrogen-bond acceptors (Lipinski definition) is 4. The van der Waals surface area contributed by atoms with E-state index >= 15 is 0 Å². The molecule has 0 spiro atoms. The highest BCUT2D eigenvalue weighted by atomic mass is 16.5. The topological polar surface area (TPSA) is 70.2 Å². The van der Waals surface area contributed by atoms with Gasteiger partial charge >= 0.3 is 0 Å². The number of benzene rings is 2. The lowest BCUT2D eigenvalue weighted by molar-refractivity contribution is -0.121. The number of H-pyrrole nitrogens is 1. The van der Waals surface area contributed by atoms with E-state index in [1.807, 2.05) is 36.4 Å². The van der Waals surface area contributed by atoms with Gasteiger partial charge in [-0.15, -0.1) is 0 Å². The Hall–Kier alpha value is -2.86. The quantitative estimate of drug-likeness (QED) is 0.616. The number of aryl methyl sites for hydroxylation is 1. The number of hydrogen-bond donors (Lipinski definition) is 2. The second-order valence-electron chi connectivity index (χ2n) is 7.54. The molecule has 2 heterocycles. The predicted octanol–water partition coefficient (Wildman–Crippen LogP) is 3.46. The summed E-state index contributed by atoms with van der Waals surface area (Å²) in [5.41, 5.74) is 3.17. The Bertz CT molecular complexity index is 912. The monoisotopic (exact) mass is 392 g/mol. The number of aromatic amines is 1. The minimum Gasteiger partial charge on any atom is -0.497 e. The maximum atomic E-state index is 12.5. The van der Waals surface area contributed by atoms with E-state index in [1.165, 1.54) is 18.4 Å². The number of para-hydroxylation sites is 2. The zero-order valence-electron chi connectivity index (χ0n) is 16.9. The lowest BCUT2D eigenvalue weighted by Crippen LogP contribution is -2.36. The Balaban J connectivity index is 1.35. The lowest BCUT2D eigenvalue weighted by atomic mass is 10.1. The number of amides is 1. The molecule has 1 unspecified atom stereocenters. The summed E-state index contributed by atoms with van der Waals surface area (Å²) in [6.07, 6.45) is 3.46. The third kappa shape index (κ3) is 4.77. The molecule has 1 atom stereocenters. The van der Waals surface area contributed by atoms with Crippen LogP contribution in [0.25, 0.3) is 11.0 Å². The summed E-state index contributed by atoms with van der Waals surface area (Å²) in [7, 11) is 1.68. The molecule has 0 radical (unpaired) electrons. The number of carbonyl (C=O) groups excluding carboxylic acids is 1. The minimum absolute atomic E-state index is 0.0585. The SMILES string of the molecule is COc1ccc(C(CNC(=O)CCc2nc3ccccc3[nH]2)N2CCCC2)cc1. The van der Waals surface area contributed by atoms with Crippen LogP contribution in [-0.2, 0) is 11.2 Å². The average molecular weight is 393 g/mol. The first-order chi connectivity index (χ1) is 14.2. The molecule has 3 aromatic rings. The Morgan fingerprint density at radius 3 is 2.66 bits per heavy atom. The fourth-order valence-electron chi connectivity index (χ4n) is 3.99. The number of methoxy groups -OCH3 is 1. The van der Waals surface area contributed by atoms with Crippen LogP contribution in [-0.4, -0.2) is 47.5 Å². The van der Waals surface area contributed by atoms with Crippen LogP contribution in [0.3, 0.4) is 0 Å². The van der Waals surface area contributed by atoms with E-state index in [4.69, 9.17) is 4.74 Å². The Morgan fingerprint density at radius 2 is 1.93 bits per heavy atom. The minimum atomic E-state index is 0.0585. The summed E-state index contributed by atoms with van der Waals surface area (Å²) in [6, 6.07) is 16.3. The molecule has 29 heavy (non-hydrogen) atoms. The third-order valence-corrected chi connectivity index (χ3v) is 5.60. The van der Waals surface area contributed by atoms with Crippen LogP contribution in [0.5, 0.6) is 5.75 Å². The van der Waals surface area contributed by atoms with Gasteiger partial charge in [-0.1, -0.05) is 24.3 Å². The molecule has 1 aliphatic rings. The van der Waals surface area contributed by atoms with Crippen LogP contribution in [0.2, 0.25) is 0 Å². The molecule has 1 aromatic heterocycles. The molecule has 1 saturated heterocycles. The van der Waals surface area contributed by atoms with E-state index in [0.29, 0.717) is 19.4 Å². The summed E-state index contributed by atoms with van der Waals surface area (Å²) in [5, 5.41) is 3.14. The van der Waals surface area contributed by atoms with Gasteiger partial charge in [-0.2, -0.15) is 0 Å². The second kappa shape index (κ2) is 9.09. The van der Waals surface area contributed by atoms with Gasteiger partial charge in [-0.05, 0) is 55.8 Å². The standard InChI is InChI=1S/C23H28N4O2/c1-29-18-10-8-17(9-11-18)21(27-14-4-5-15-27)16-24-23(28)13-12-22-25-19-6-2-3-7-20(19)26-22/h2-3,6-11,21H,4-5,12-16H2,1H3,(H,24,28)(H,25,26). The van der Waals surface area contributed by atoms with E-state index in [-0.39, 0.29) is 11.9 Å². The smallest absolute Gasteiger partial charge is 0.220 e. The largest absolute Gasteiger partial charge is 0.497 e. The lowest BCUT2D eigenvalue weighted by Gasteiger charge is -2.28. The summed E-state index contributed by atoms with van der Waals surface area (Å²) in [6.45, 7) is 2.77. The molecule has 6 nitrogen and oxygen atoms in total. The molecule has 1 amide bonds.